The van der Waals surface area contributed by atoms with Gasteiger partial charge in [0.15, 0.2) is 5.79 Å². The second-order valence-electron chi connectivity index (χ2n) is 12.6. The average molecular weight is 561 g/mol. The molecule has 1 aliphatic carbocycles. The Bertz CT molecular complexity index is 1100. The lowest BCUT2D eigenvalue weighted by molar-refractivity contribution is -0.335. The molecule has 1 spiro atoms. The van der Waals surface area contributed by atoms with Crippen molar-refractivity contribution in [1.82, 2.24) is 0 Å². The van der Waals surface area contributed by atoms with Crippen LogP contribution in [-0.2, 0) is 23.7 Å². The second kappa shape index (κ2) is 11.4. The van der Waals surface area contributed by atoms with Gasteiger partial charge in [0.05, 0.1) is 18.8 Å². The van der Waals surface area contributed by atoms with Gasteiger partial charge >= 0.3 is 5.97 Å². The summed E-state index contributed by atoms with van der Waals surface area (Å²) in [5, 5.41) is 22.9. The van der Waals surface area contributed by atoms with E-state index in [2.05, 4.69) is 13.8 Å². The van der Waals surface area contributed by atoms with E-state index in [4.69, 9.17) is 18.9 Å². The van der Waals surface area contributed by atoms with Gasteiger partial charge in [0.2, 0.25) is 0 Å². The summed E-state index contributed by atoms with van der Waals surface area (Å²) in [7, 11) is 0. The third-order valence-corrected chi connectivity index (χ3v) is 9.70. The summed E-state index contributed by atoms with van der Waals surface area (Å²) in [4.78, 5) is 13.9. The first-order valence-electron chi connectivity index (χ1n) is 14.9. The average Bonchev–Trinajstić information content (AvgIpc) is 3.26. The number of fused-ring (bicyclic) bond motifs is 2. The van der Waals surface area contributed by atoms with Crippen molar-refractivity contribution in [2.24, 2.45) is 17.8 Å². The Morgan fingerprint density at radius 2 is 1.93 bits per heavy atom. The van der Waals surface area contributed by atoms with Crippen molar-refractivity contribution in [2.75, 3.05) is 6.61 Å². The maximum Gasteiger partial charge on any atom is 0.316 e. The zero-order valence-corrected chi connectivity index (χ0v) is 24.3. The van der Waals surface area contributed by atoms with Crippen LogP contribution < -0.4 is 0 Å². The molecule has 0 amide bonds. The van der Waals surface area contributed by atoms with Gasteiger partial charge in [-0.25, -0.2) is 4.39 Å². The molecule has 0 aromatic rings. The van der Waals surface area contributed by atoms with Crippen molar-refractivity contribution in [3.8, 4) is 0 Å². The van der Waals surface area contributed by atoms with Crippen LogP contribution in [0.5, 0.6) is 0 Å². The SMILES string of the molecule is CC[C@H]1O[C@]2(CC[C@@H]1C)C[C@@H]1C[C@@H](C/C=C(\C)[C@H](F)[C@@H](C)/C=C/C=C3\CO[C@@H]4[C@H](O)C(C)=C[C@@H](C(=O)O1)[C@]34O)O2. The number of carbonyl (C=O) groups excluding carboxylic acids is 1. The lowest BCUT2D eigenvalue weighted by atomic mass is 9.71. The van der Waals surface area contributed by atoms with E-state index in [1.54, 1.807) is 38.2 Å². The van der Waals surface area contributed by atoms with Crippen molar-refractivity contribution < 1.29 is 38.3 Å². The van der Waals surface area contributed by atoms with E-state index in [0.29, 0.717) is 48.3 Å². The van der Waals surface area contributed by atoms with Crippen LogP contribution in [0.4, 0.5) is 4.39 Å². The summed E-state index contributed by atoms with van der Waals surface area (Å²) >= 11 is 0. The molecule has 5 aliphatic rings. The molecule has 4 aliphatic heterocycles. The first-order valence-corrected chi connectivity index (χ1v) is 14.9. The number of halogens is 1. The minimum absolute atomic E-state index is 0.0389. The van der Waals surface area contributed by atoms with E-state index in [1.807, 2.05) is 13.0 Å². The Kier molecular flexibility index (Phi) is 8.48. The fraction of sp³-hybridized carbons (Fsp3) is 0.719. The van der Waals surface area contributed by atoms with Crippen molar-refractivity contribution in [1.29, 1.82) is 0 Å². The number of rotatable bonds is 1. The minimum Gasteiger partial charge on any atom is -0.462 e. The lowest BCUT2D eigenvalue weighted by Crippen LogP contribution is -2.58. The quantitative estimate of drug-likeness (QED) is 0.349. The largest absolute Gasteiger partial charge is 0.462 e. The van der Waals surface area contributed by atoms with Gasteiger partial charge in [0, 0.05) is 25.2 Å². The van der Waals surface area contributed by atoms with Gasteiger partial charge in [0.1, 0.15) is 36.0 Å². The number of alkyl halides is 1. The van der Waals surface area contributed by atoms with Crippen LogP contribution in [0.2, 0.25) is 0 Å². The fourth-order valence-corrected chi connectivity index (χ4v) is 7.16. The molecule has 40 heavy (non-hydrogen) atoms. The van der Waals surface area contributed by atoms with Crippen LogP contribution in [0, 0.1) is 17.8 Å². The van der Waals surface area contributed by atoms with Crippen molar-refractivity contribution >= 4 is 5.97 Å². The lowest BCUT2D eigenvalue weighted by Gasteiger charge is -2.50. The van der Waals surface area contributed by atoms with Crippen LogP contribution in [0.15, 0.2) is 47.1 Å². The van der Waals surface area contributed by atoms with E-state index in [9.17, 15) is 15.0 Å². The van der Waals surface area contributed by atoms with Gasteiger partial charge in [-0.2, -0.15) is 0 Å². The van der Waals surface area contributed by atoms with Gasteiger partial charge in [0.25, 0.3) is 0 Å². The number of esters is 1. The van der Waals surface area contributed by atoms with Crippen molar-refractivity contribution in [2.45, 2.75) is 121 Å². The molecule has 4 heterocycles. The Hall–Kier alpha value is -1.84. The normalized spacial score (nSPS) is 49.6. The Morgan fingerprint density at radius 3 is 2.67 bits per heavy atom. The molecule has 222 valence electrons. The standard InChI is InChI=1S/C32H45FO7/c1-6-26-18(2)12-13-31(40-26)16-24-15-23(39-31)11-10-20(4)27(33)19(3)8-7-9-22-17-37-29-28(34)21(5)14-25(30(35)38-24)32(22,29)36/h7-10,14,18-19,23-29,34,36H,6,11-13,15-17H2,1-5H3/b8-7+,20-10+,22-9+/t18-,19-,23+,24-,25-,26+,27+,28+,29+,31+,32+/m0/s1. The van der Waals surface area contributed by atoms with Crippen molar-refractivity contribution in [3.63, 3.8) is 0 Å². The molecule has 5 rings (SSSR count). The third kappa shape index (κ3) is 5.38. The molecule has 2 N–H and O–H groups in total. The Morgan fingerprint density at radius 1 is 1.15 bits per heavy atom. The fourth-order valence-electron chi connectivity index (χ4n) is 7.16. The number of ether oxygens (including phenoxy) is 4. The first kappa shape index (κ1) is 29.6. The van der Waals surface area contributed by atoms with E-state index < -0.39 is 53.7 Å². The number of aliphatic hydroxyl groups excluding tert-OH is 1. The molecule has 0 aromatic carbocycles. The molecule has 0 aromatic heterocycles. The summed E-state index contributed by atoms with van der Waals surface area (Å²) in [6.45, 7) is 9.66. The third-order valence-electron chi connectivity index (χ3n) is 9.70. The van der Waals surface area contributed by atoms with Crippen LogP contribution in [0.25, 0.3) is 0 Å². The summed E-state index contributed by atoms with van der Waals surface area (Å²) in [5.41, 5.74) is -0.152. The first-order chi connectivity index (χ1) is 19.0. The number of carbonyl (C=O) groups is 1. The molecule has 0 saturated carbocycles. The number of allylic oxidation sites excluding steroid dienone is 4. The minimum atomic E-state index is -1.78. The molecular weight excluding hydrogens is 515 g/mol. The molecule has 0 radical (unpaired) electrons. The maximum absolute atomic E-state index is 15.4. The van der Waals surface area contributed by atoms with E-state index in [-0.39, 0.29) is 18.8 Å². The predicted octanol–water partition coefficient (Wildman–Crippen LogP) is 4.87. The maximum atomic E-state index is 15.4. The van der Waals surface area contributed by atoms with E-state index in [0.717, 1.165) is 12.8 Å². The highest BCUT2D eigenvalue weighted by molar-refractivity contribution is 5.78. The summed E-state index contributed by atoms with van der Waals surface area (Å²) in [6, 6.07) is 0. The molecule has 3 fully saturated rings. The molecule has 7 nitrogen and oxygen atoms in total. The summed E-state index contributed by atoms with van der Waals surface area (Å²) in [6.07, 6.45) is 8.38. The van der Waals surface area contributed by atoms with Gasteiger partial charge in [-0.05, 0) is 55.7 Å². The zero-order chi connectivity index (χ0) is 28.8. The van der Waals surface area contributed by atoms with Crippen LogP contribution in [0.3, 0.4) is 0 Å². The summed E-state index contributed by atoms with van der Waals surface area (Å²) in [5.74, 6) is -2.51. The van der Waals surface area contributed by atoms with Crippen LogP contribution in [0.1, 0.15) is 73.1 Å². The monoisotopic (exact) mass is 560 g/mol. The highest BCUT2D eigenvalue weighted by Gasteiger charge is 2.60. The Balaban J connectivity index is 1.53. The molecule has 3 saturated heterocycles. The number of hydrogen-bond donors (Lipinski definition) is 2. The number of aliphatic hydroxyl groups is 2. The van der Waals surface area contributed by atoms with Crippen LogP contribution in [-0.4, -0.2) is 70.9 Å². The predicted molar refractivity (Wildman–Crippen MR) is 148 cm³/mol. The molecule has 2 bridgehead atoms. The van der Waals surface area contributed by atoms with Crippen molar-refractivity contribution in [3.05, 3.63) is 47.1 Å². The Labute approximate surface area is 237 Å². The van der Waals surface area contributed by atoms with Gasteiger partial charge in [-0.1, -0.05) is 51.2 Å². The second-order valence-corrected chi connectivity index (χ2v) is 12.6. The molecule has 8 heteroatoms. The van der Waals surface area contributed by atoms with Gasteiger partial charge in [-0.15, -0.1) is 0 Å². The number of hydrogen-bond acceptors (Lipinski definition) is 7. The topological polar surface area (TPSA) is 94.5 Å². The molecule has 0 unspecified atom stereocenters. The smallest absolute Gasteiger partial charge is 0.316 e. The van der Waals surface area contributed by atoms with Gasteiger partial charge in [-0.3, -0.25) is 4.79 Å². The molecular formula is C32H45FO7. The van der Waals surface area contributed by atoms with Gasteiger partial charge < -0.3 is 29.2 Å². The van der Waals surface area contributed by atoms with E-state index in [1.165, 1.54) is 0 Å². The highest BCUT2D eigenvalue weighted by Crippen LogP contribution is 2.47. The molecule has 11 atom stereocenters. The summed E-state index contributed by atoms with van der Waals surface area (Å²) < 4.78 is 40.6. The van der Waals surface area contributed by atoms with Crippen LogP contribution >= 0.6 is 0 Å². The van der Waals surface area contributed by atoms with E-state index >= 15 is 4.39 Å². The zero-order valence-electron chi connectivity index (χ0n) is 24.3. The highest BCUT2D eigenvalue weighted by atomic mass is 19.1.